The van der Waals surface area contributed by atoms with Crippen molar-refractivity contribution in [2.24, 2.45) is 28.9 Å². The van der Waals surface area contributed by atoms with Crippen molar-refractivity contribution in [3.63, 3.8) is 0 Å². The Bertz CT molecular complexity index is 322. The molecule has 0 heterocycles. The summed E-state index contributed by atoms with van der Waals surface area (Å²) in [6.07, 6.45) is 1.25. The van der Waals surface area contributed by atoms with Crippen LogP contribution in [0, 0.1) is 23.2 Å². The summed E-state index contributed by atoms with van der Waals surface area (Å²) >= 11 is 0. The molecule has 0 aromatic rings. The maximum atomic E-state index is 12.0. The predicted octanol–water partition coefficient (Wildman–Crippen LogP) is 1.86. The first-order valence-corrected chi connectivity index (χ1v) is 7.27. The highest BCUT2D eigenvalue weighted by atomic mass is 16.4. The van der Waals surface area contributed by atoms with Crippen LogP contribution in [0.5, 0.6) is 0 Å². The Morgan fingerprint density at radius 3 is 2.10 bits per heavy atom. The zero-order valence-corrected chi connectivity index (χ0v) is 13.4. The van der Waals surface area contributed by atoms with Gasteiger partial charge in [0.1, 0.15) is 0 Å². The molecule has 5 nitrogen and oxygen atoms in total. The lowest BCUT2D eigenvalue weighted by Crippen LogP contribution is -2.40. The van der Waals surface area contributed by atoms with Crippen molar-refractivity contribution in [2.75, 3.05) is 13.1 Å². The third kappa shape index (κ3) is 8.15. The number of carbonyl (C=O) groups is 2. The first kappa shape index (κ1) is 18.9. The lowest BCUT2D eigenvalue weighted by Gasteiger charge is -2.24. The Kier molecular flexibility index (Phi) is 7.79. The van der Waals surface area contributed by atoms with Crippen molar-refractivity contribution in [2.45, 2.75) is 47.5 Å². The van der Waals surface area contributed by atoms with E-state index in [1.54, 1.807) is 0 Å². The second-order valence-corrected chi connectivity index (χ2v) is 7.11. The van der Waals surface area contributed by atoms with Gasteiger partial charge in [-0.2, -0.15) is 0 Å². The molecule has 0 radical (unpaired) electrons. The van der Waals surface area contributed by atoms with Gasteiger partial charge in [-0.1, -0.05) is 34.6 Å². The van der Waals surface area contributed by atoms with Gasteiger partial charge in [-0.05, 0) is 24.2 Å². The van der Waals surface area contributed by atoms with Crippen molar-refractivity contribution >= 4 is 11.9 Å². The van der Waals surface area contributed by atoms with Gasteiger partial charge in [-0.3, -0.25) is 9.59 Å². The minimum Gasteiger partial charge on any atom is -0.481 e. The Morgan fingerprint density at radius 2 is 1.75 bits per heavy atom. The number of rotatable bonds is 8. The SMILES string of the molecule is CC(C)CC(CN)C(=O)NCC(CC(C)(C)C)C(=O)O. The van der Waals surface area contributed by atoms with Crippen LogP contribution in [0.15, 0.2) is 0 Å². The average molecular weight is 286 g/mol. The van der Waals surface area contributed by atoms with Crippen LogP contribution in [0.25, 0.3) is 0 Å². The number of aliphatic carboxylic acids is 1. The van der Waals surface area contributed by atoms with Crippen LogP contribution in [0.2, 0.25) is 0 Å². The Labute approximate surface area is 122 Å². The van der Waals surface area contributed by atoms with Crippen molar-refractivity contribution < 1.29 is 14.7 Å². The van der Waals surface area contributed by atoms with Crippen molar-refractivity contribution in [1.82, 2.24) is 5.32 Å². The molecule has 0 aliphatic heterocycles. The van der Waals surface area contributed by atoms with Crippen LogP contribution in [0.1, 0.15) is 47.5 Å². The third-order valence-corrected chi connectivity index (χ3v) is 3.14. The Balaban J connectivity index is 4.46. The van der Waals surface area contributed by atoms with E-state index in [1.165, 1.54) is 0 Å². The third-order valence-electron chi connectivity index (χ3n) is 3.14. The first-order chi connectivity index (χ1) is 9.06. The van der Waals surface area contributed by atoms with Gasteiger partial charge >= 0.3 is 5.97 Å². The van der Waals surface area contributed by atoms with E-state index in [4.69, 9.17) is 5.73 Å². The minimum absolute atomic E-state index is 0.0843. The summed E-state index contributed by atoms with van der Waals surface area (Å²) in [5.41, 5.74) is 5.53. The van der Waals surface area contributed by atoms with Crippen molar-refractivity contribution in [3.05, 3.63) is 0 Å². The number of carbonyl (C=O) groups excluding carboxylic acids is 1. The largest absolute Gasteiger partial charge is 0.481 e. The van der Waals surface area contributed by atoms with Gasteiger partial charge in [0.25, 0.3) is 0 Å². The second-order valence-electron chi connectivity index (χ2n) is 7.11. The molecule has 0 aromatic carbocycles. The van der Waals surface area contributed by atoms with Gasteiger partial charge in [-0.25, -0.2) is 0 Å². The maximum Gasteiger partial charge on any atom is 0.308 e. The van der Waals surface area contributed by atoms with Crippen LogP contribution in [-0.4, -0.2) is 30.1 Å². The first-order valence-electron chi connectivity index (χ1n) is 7.27. The van der Waals surface area contributed by atoms with E-state index >= 15 is 0 Å². The zero-order chi connectivity index (χ0) is 15.9. The van der Waals surface area contributed by atoms with Gasteiger partial charge in [-0.15, -0.1) is 0 Å². The number of amides is 1. The molecule has 1 amide bonds. The number of hydrogen-bond acceptors (Lipinski definition) is 3. The molecule has 0 spiro atoms. The van der Waals surface area contributed by atoms with Crippen LogP contribution in [0.3, 0.4) is 0 Å². The molecule has 0 fully saturated rings. The van der Waals surface area contributed by atoms with Gasteiger partial charge in [0.15, 0.2) is 0 Å². The average Bonchev–Trinajstić information content (AvgIpc) is 2.28. The van der Waals surface area contributed by atoms with Crippen LogP contribution < -0.4 is 11.1 Å². The second kappa shape index (κ2) is 8.25. The molecule has 4 N–H and O–H groups in total. The van der Waals surface area contributed by atoms with Crippen LogP contribution in [-0.2, 0) is 9.59 Å². The van der Waals surface area contributed by atoms with E-state index in [0.717, 1.165) is 6.42 Å². The molecule has 2 atom stereocenters. The fourth-order valence-corrected chi connectivity index (χ4v) is 2.23. The number of hydrogen-bond donors (Lipinski definition) is 3. The summed E-state index contributed by atoms with van der Waals surface area (Å²) in [4.78, 5) is 23.2. The van der Waals surface area contributed by atoms with Crippen LogP contribution in [0.4, 0.5) is 0 Å². The van der Waals surface area contributed by atoms with Crippen LogP contribution >= 0.6 is 0 Å². The molecule has 0 aliphatic rings. The van der Waals surface area contributed by atoms with Gasteiger partial charge in [0, 0.05) is 13.1 Å². The van der Waals surface area contributed by atoms with E-state index in [1.807, 2.05) is 34.6 Å². The summed E-state index contributed by atoms with van der Waals surface area (Å²) in [7, 11) is 0. The van der Waals surface area contributed by atoms with E-state index in [0.29, 0.717) is 18.9 Å². The maximum absolute atomic E-state index is 12.0. The van der Waals surface area contributed by atoms with Gasteiger partial charge in [0.05, 0.1) is 11.8 Å². The highest BCUT2D eigenvalue weighted by Gasteiger charge is 2.26. The molecule has 0 saturated carbocycles. The summed E-state index contributed by atoms with van der Waals surface area (Å²) in [6, 6.07) is 0. The molecule has 0 saturated heterocycles. The molecule has 0 bridgehead atoms. The molecule has 20 heavy (non-hydrogen) atoms. The fourth-order valence-electron chi connectivity index (χ4n) is 2.23. The Morgan fingerprint density at radius 1 is 1.20 bits per heavy atom. The molecule has 5 heteroatoms. The lowest BCUT2D eigenvalue weighted by atomic mass is 9.84. The van der Waals surface area contributed by atoms with E-state index in [2.05, 4.69) is 5.32 Å². The summed E-state index contributed by atoms with van der Waals surface area (Å²) in [5.74, 6) is -1.41. The number of carboxylic acids is 1. The summed E-state index contributed by atoms with van der Waals surface area (Å²) < 4.78 is 0. The molecule has 2 unspecified atom stereocenters. The lowest BCUT2D eigenvalue weighted by molar-refractivity contribution is -0.142. The highest BCUT2D eigenvalue weighted by Crippen LogP contribution is 2.24. The fraction of sp³-hybridized carbons (Fsp3) is 0.867. The summed E-state index contributed by atoms with van der Waals surface area (Å²) in [6.45, 7) is 10.5. The van der Waals surface area contributed by atoms with E-state index in [-0.39, 0.29) is 23.8 Å². The van der Waals surface area contributed by atoms with Crippen molar-refractivity contribution in [1.29, 1.82) is 0 Å². The normalized spacial score (nSPS) is 14.9. The molecule has 0 aromatic heterocycles. The monoisotopic (exact) mass is 286 g/mol. The quantitative estimate of drug-likeness (QED) is 0.635. The smallest absolute Gasteiger partial charge is 0.308 e. The molecule has 0 rings (SSSR count). The zero-order valence-electron chi connectivity index (χ0n) is 13.4. The van der Waals surface area contributed by atoms with E-state index in [9.17, 15) is 14.7 Å². The van der Waals surface area contributed by atoms with E-state index < -0.39 is 11.9 Å². The molecule has 0 aliphatic carbocycles. The molecular weight excluding hydrogens is 256 g/mol. The minimum atomic E-state index is -0.867. The topological polar surface area (TPSA) is 92.4 Å². The standard InChI is InChI=1S/C15H30N2O3/c1-10(2)6-11(8-16)13(18)17-9-12(14(19)20)7-15(3,4)5/h10-12H,6-9,16H2,1-5H3,(H,17,18)(H,19,20). The number of carboxylic acid groups (broad SMARTS) is 1. The number of nitrogens with two attached hydrogens (primary N) is 1. The number of nitrogens with one attached hydrogen (secondary N) is 1. The predicted molar refractivity (Wildman–Crippen MR) is 80.2 cm³/mol. The van der Waals surface area contributed by atoms with Gasteiger partial charge in [0.2, 0.25) is 5.91 Å². The summed E-state index contributed by atoms with van der Waals surface area (Å²) in [5, 5.41) is 12.0. The highest BCUT2D eigenvalue weighted by molar-refractivity contribution is 5.79. The molecule has 118 valence electrons. The van der Waals surface area contributed by atoms with Crippen molar-refractivity contribution in [3.8, 4) is 0 Å². The molecular formula is C15H30N2O3. The van der Waals surface area contributed by atoms with Gasteiger partial charge < -0.3 is 16.2 Å². The Hall–Kier alpha value is -1.10.